The quantitative estimate of drug-likeness (QED) is 0.924. The van der Waals surface area contributed by atoms with E-state index in [2.05, 4.69) is 41.4 Å². The molecular formula is C19H28N2O. The zero-order chi connectivity index (χ0) is 15.4. The molecule has 0 bridgehead atoms. The maximum absolute atomic E-state index is 12.6. The number of carbonyl (C=O) groups is 1. The molecule has 3 rings (SSSR count). The highest BCUT2D eigenvalue weighted by atomic mass is 16.2. The van der Waals surface area contributed by atoms with Crippen LogP contribution in [0.4, 0.5) is 5.69 Å². The minimum atomic E-state index is 0.149. The fourth-order valence-corrected chi connectivity index (χ4v) is 3.82. The van der Waals surface area contributed by atoms with Crippen molar-refractivity contribution in [2.24, 2.45) is 5.92 Å². The van der Waals surface area contributed by atoms with E-state index in [0.29, 0.717) is 6.04 Å². The Balaban J connectivity index is 1.58. The minimum absolute atomic E-state index is 0.149. The summed E-state index contributed by atoms with van der Waals surface area (Å²) in [6.07, 6.45) is 8.34. The molecular weight excluding hydrogens is 272 g/mol. The molecule has 2 aliphatic rings. The maximum Gasteiger partial charge on any atom is 0.225 e. The molecule has 0 spiro atoms. The number of piperidine rings is 1. The number of aryl methyl sites for hydroxylation is 1. The summed E-state index contributed by atoms with van der Waals surface area (Å²) >= 11 is 0. The van der Waals surface area contributed by atoms with E-state index < -0.39 is 0 Å². The molecule has 2 fully saturated rings. The molecule has 1 amide bonds. The van der Waals surface area contributed by atoms with Crippen LogP contribution in [-0.2, 0) is 4.79 Å². The van der Waals surface area contributed by atoms with Gasteiger partial charge in [0.25, 0.3) is 0 Å². The van der Waals surface area contributed by atoms with Crippen molar-refractivity contribution < 1.29 is 4.79 Å². The first-order valence-electron chi connectivity index (χ1n) is 8.84. The summed E-state index contributed by atoms with van der Waals surface area (Å²) in [5.41, 5.74) is 2.54. The van der Waals surface area contributed by atoms with Gasteiger partial charge in [0, 0.05) is 24.8 Å². The molecule has 0 radical (unpaired) electrons. The normalized spacial score (nSPS) is 23.3. The summed E-state index contributed by atoms with van der Waals surface area (Å²) in [5.74, 6) is 0.431. The molecule has 22 heavy (non-hydrogen) atoms. The Morgan fingerprint density at radius 1 is 1.14 bits per heavy atom. The second kappa shape index (κ2) is 7.17. The van der Waals surface area contributed by atoms with Crippen molar-refractivity contribution in [1.82, 2.24) is 5.32 Å². The number of anilines is 1. The molecule has 120 valence electrons. The van der Waals surface area contributed by atoms with Crippen molar-refractivity contribution in [3.8, 4) is 0 Å². The van der Waals surface area contributed by atoms with Gasteiger partial charge in [0.2, 0.25) is 5.91 Å². The number of amides is 1. The number of hydrogen-bond donors (Lipinski definition) is 1. The van der Waals surface area contributed by atoms with Crippen molar-refractivity contribution in [2.45, 2.75) is 57.9 Å². The number of carbonyl (C=O) groups excluding carboxylic acids is 1. The molecule has 1 aliphatic carbocycles. The molecule has 1 saturated heterocycles. The number of benzene rings is 1. The largest absolute Gasteiger partial charge is 0.371 e. The summed E-state index contributed by atoms with van der Waals surface area (Å²) in [4.78, 5) is 14.9. The fraction of sp³-hybridized carbons (Fsp3) is 0.632. The smallest absolute Gasteiger partial charge is 0.225 e. The Kier molecular flexibility index (Phi) is 5.01. The molecule has 1 aromatic carbocycles. The average Bonchev–Trinajstić information content (AvgIpc) is 2.56. The first-order chi connectivity index (χ1) is 10.7. The van der Waals surface area contributed by atoms with E-state index in [1.165, 1.54) is 43.4 Å². The molecule has 0 unspecified atom stereocenters. The number of nitrogens with one attached hydrogen (secondary N) is 1. The summed E-state index contributed by atoms with van der Waals surface area (Å²) < 4.78 is 0. The highest BCUT2D eigenvalue weighted by Gasteiger charge is 2.27. The van der Waals surface area contributed by atoms with Crippen LogP contribution in [-0.4, -0.2) is 25.0 Å². The molecule has 3 nitrogen and oxygen atoms in total. The van der Waals surface area contributed by atoms with E-state index in [4.69, 9.17) is 0 Å². The van der Waals surface area contributed by atoms with Gasteiger partial charge >= 0.3 is 0 Å². The molecule has 1 aliphatic heterocycles. The highest BCUT2D eigenvalue weighted by Crippen LogP contribution is 2.25. The van der Waals surface area contributed by atoms with Crippen LogP contribution in [0.15, 0.2) is 24.3 Å². The van der Waals surface area contributed by atoms with Crippen LogP contribution in [0.25, 0.3) is 0 Å². The Labute approximate surface area is 134 Å². The van der Waals surface area contributed by atoms with E-state index in [1.807, 2.05) is 0 Å². The monoisotopic (exact) mass is 300 g/mol. The Hall–Kier alpha value is -1.51. The van der Waals surface area contributed by atoms with Gasteiger partial charge in [-0.05, 0) is 50.3 Å². The van der Waals surface area contributed by atoms with Crippen LogP contribution in [0.3, 0.4) is 0 Å². The third kappa shape index (κ3) is 3.82. The van der Waals surface area contributed by atoms with Gasteiger partial charge in [0.05, 0.1) is 5.92 Å². The SMILES string of the molecule is Cc1cccc(N2CCC[C@H](C(=O)NC3CCCCC3)C2)c1. The number of hydrogen-bond acceptors (Lipinski definition) is 2. The Morgan fingerprint density at radius 3 is 2.73 bits per heavy atom. The van der Waals surface area contributed by atoms with E-state index in [1.54, 1.807) is 0 Å². The molecule has 0 aromatic heterocycles. The van der Waals surface area contributed by atoms with Gasteiger partial charge in [-0.2, -0.15) is 0 Å². The van der Waals surface area contributed by atoms with Crippen molar-refractivity contribution in [2.75, 3.05) is 18.0 Å². The first-order valence-corrected chi connectivity index (χ1v) is 8.84. The van der Waals surface area contributed by atoms with Crippen LogP contribution in [0.2, 0.25) is 0 Å². The standard InChI is InChI=1S/C19H28N2O/c1-15-7-5-11-18(13-15)21-12-6-8-16(14-21)19(22)20-17-9-3-2-4-10-17/h5,7,11,13,16-17H,2-4,6,8-10,12,14H2,1H3,(H,20,22)/t16-/m0/s1. The third-order valence-corrected chi connectivity index (χ3v) is 5.11. The maximum atomic E-state index is 12.6. The van der Waals surface area contributed by atoms with Crippen molar-refractivity contribution >= 4 is 11.6 Å². The topological polar surface area (TPSA) is 32.3 Å². The second-order valence-corrected chi connectivity index (χ2v) is 6.97. The van der Waals surface area contributed by atoms with Gasteiger partial charge in [-0.25, -0.2) is 0 Å². The Bertz CT molecular complexity index is 508. The molecule has 1 heterocycles. The Morgan fingerprint density at radius 2 is 1.95 bits per heavy atom. The predicted molar refractivity (Wildman–Crippen MR) is 91.1 cm³/mol. The van der Waals surface area contributed by atoms with Crippen LogP contribution >= 0.6 is 0 Å². The lowest BCUT2D eigenvalue weighted by Gasteiger charge is -2.35. The van der Waals surface area contributed by atoms with E-state index in [0.717, 1.165) is 25.9 Å². The minimum Gasteiger partial charge on any atom is -0.371 e. The van der Waals surface area contributed by atoms with Crippen molar-refractivity contribution in [1.29, 1.82) is 0 Å². The third-order valence-electron chi connectivity index (χ3n) is 5.11. The van der Waals surface area contributed by atoms with Gasteiger partial charge in [0.15, 0.2) is 0 Å². The van der Waals surface area contributed by atoms with Crippen LogP contribution in [0.5, 0.6) is 0 Å². The van der Waals surface area contributed by atoms with Gasteiger partial charge in [-0.1, -0.05) is 31.4 Å². The molecule has 1 saturated carbocycles. The molecule has 3 heteroatoms. The van der Waals surface area contributed by atoms with Crippen LogP contribution < -0.4 is 10.2 Å². The summed E-state index contributed by atoms with van der Waals surface area (Å²) in [7, 11) is 0. The zero-order valence-corrected chi connectivity index (χ0v) is 13.7. The summed E-state index contributed by atoms with van der Waals surface area (Å²) in [6.45, 7) is 4.05. The molecule has 1 N–H and O–H groups in total. The van der Waals surface area contributed by atoms with E-state index in [-0.39, 0.29) is 11.8 Å². The predicted octanol–water partition coefficient (Wildman–Crippen LogP) is 3.66. The average molecular weight is 300 g/mol. The number of rotatable bonds is 3. The van der Waals surface area contributed by atoms with Crippen LogP contribution in [0, 0.1) is 12.8 Å². The number of nitrogens with zero attached hydrogens (tertiary/aromatic N) is 1. The first kappa shape index (κ1) is 15.4. The molecule has 1 aromatic rings. The van der Waals surface area contributed by atoms with Gasteiger partial charge in [0.1, 0.15) is 0 Å². The van der Waals surface area contributed by atoms with Gasteiger partial charge in [-0.3, -0.25) is 4.79 Å². The lowest BCUT2D eigenvalue weighted by atomic mass is 9.93. The lowest BCUT2D eigenvalue weighted by molar-refractivity contribution is -0.126. The fourth-order valence-electron chi connectivity index (χ4n) is 3.82. The summed E-state index contributed by atoms with van der Waals surface area (Å²) in [6, 6.07) is 9.04. The lowest BCUT2D eigenvalue weighted by Crippen LogP contribution is -2.46. The van der Waals surface area contributed by atoms with E-state index in [9.17, 15) is 4.79 Å². The van der Waals surface area contributed by atoms with Gasteiger partial charge < -0.3 is 10.2 Å². The van der Waals surface area contributed by atoms with Crippen molar-refractivity contribution in [3.05, 3.63) is 29.8 Å². The summed E-state index contributed by atoms with van der Waals surface area (Å²) in [5, 5.41) is 3.31. The zero-order valence-electron chi connectivity index (χ0n) is 13.7. The second-order valence-electron chi connectivity index (χ2n) is 6.97. The van der Waals surface area contributed by atoms with Crippen LogP contribution in [0.1, 0.15) is 50.5 Å². The van der Waals surface area contributed by atoms with Crippen molar-refractivity contribution in [3.63, 3.8) is 0 Å². The molecule has 1 atom stereocenters. The van der Waals surface area contributed by atoms with Gasteiger partial charge in [-0.15, -0.1) is 0 Å². The van der Waals surface area contributed by atoms with E-state index >= 15 is 0 Å². The highest BCUT2D eigenvalue weighted by molar-refractivity contribution is 5.80.